The molecule has 1 aliphatic rings. The number of halogens is 3. The third-order valence-corrected chi connectivity index (χ3v) is 6.15. The molecule has 0 saturated heterocycles. The van der Waals surface area contributed by atoms with E-state index in [1.807, 2.05) is 0 Å². The largest absolute Gasteiger partial charge is 0.423 e. The van der Waals surface area contributed by atoms with Crippen LogP contribution in [0.4, 0.5) is 11.4 Å². The molecule has 166 valence electrons. The summed E-state index contributed by atoms with van der Waals surface area (Å²) in [5, 5.41) is 3.22. The predicted octanol–water partition coefficient (Wildman–Crippen LogP) is 5.91. The summed E-state index contributed by atoms with van der Waals surface area (Å²) in [6.45, 7) is 1.79. The number of nitrogens with one attached hydrogen (secondary N) is 1. The molecule has 4 rings (SSSR count). The Kier molecular flexibility index (Phi) is 6.73. The Morgan fingerprint density at radius 2 is 1.61 bits per heavy atom. The van der Waals surface area contributed by atoms with Gasteiger partial charge in [0.05, 0.1) is 11.3 Å². The monoisotopic (exact) mass is 592 g/mol. The van der Waals surface area contributed by atoms with Crippen LogP contribution in [0.2, 0.25) is 5.02 Å². The number of amides is 2. The average Bonchev–Trinajstić information content (AvgIpc) is 3.00. The molecule has 0 atom stereocenters. The Balaban J connectivity index is 1.48. The van der Waals surface area contributed by atoms with Crippen LogP contribution < -0.4 is 15.0 Å². The van der Waals surface area contributed by atoms with E-state index in [2.05, 4.69) is 27.9 Å². The maximum Gasteiger partial charge on any atom is 0.343 e. The molecule has 0 aromatic heterocycles. The number of esters is 1. The van der Waals surface area contributed by atoms with Crippen molar-refractivity contribution in [2.24, 2.45) is 0 Å². The van der Waals surface area contributed by atoms with E-state index in [0.717, 1.165) is 14.0 Å². The van der Waals surface area contributed by atoms with Gasteiger partial charge in [0, 0.05) is 14.3 Å². The third-order valence-electron chi connectivity index (χ3n) is 4.84. The van der Waals surface area contributed by atoms with E-state index in [9.17, 15) is 14.4 Å². The van der Waals surface area contributed by atoms with E-state index >= 15 is 0 Å². The fourth-order valence-corrected chi connectivity index (χ4v) is 3.95. The molecule has 0 radical (unpaired) electrons. The molecule has 33 heavy (non-hydrogen) atoms. The van der Waals surface area contributed by atoms with Gasteiger partial charge < -0.3 is 10.1 Å². The molecule has 1 aliphatic heterocycles. The Hall–Kier alpha value is -2.88. The summed E-state index contributed by atoms with van der Waals surface area (Å²) in [7, 11) is 0. The van der Waals surface area contributed by atoms with Gasteiger partial charge in [-0.1, -0.05) is 23.2 Å². The minimum Gasteiger partial charge on any atom is -0.423 e. The molecule has 0 spiro atoms. The third kappa shape index (κ3) is 4.90. The number of anilines is 2. The first kappa shape index (κ1) is 23.3. The molecular weight excluding hydrogens is 578 g/mol. The number of carbonyl (C=O) groups is 3. The Morgan fingerprint density at radius 1 is 0.939 bits per heavy atom. The fourth-order valence-electron chi connectivity index (χ4n) is 3.16. The molecule has 1 heterocycles. The number of ether oxygens (including phenoxy) is 1. The average molecular weight is 593 g/mol. The second kappa shape index (κ2) is 9.54. The molecule has 0 bridgehead atoms. The van der Waals surface area contributed by atoms with Crippen LogP contribution in [0.1, 0.15) is 15.9 Å². The van der Waals surface area contributed by atoms with Crippen molar-refractivity contribution in [2.75, 3.05) is 10.2 Å². The first-order valence-electron chi connectivity index (χ1n) is 9.64. The minimum absolute atomic E-state index is 0.0349. The first-order chi connectivity index (χ1) is 15.7. The number of hydrogen-bond donors (Lipinski definition) is 1. The molecule has 1 N–H and O–H groups in total. The van der Waals surface area contributed by atoms with Gasteiger partial charge in [0.2, 0.25) is 0 Å². The van der Waals surface area contributed by atoms with Crippen molar-refractivity contribution in [1.82, 2.24) is 0 Å². The van der Waals surface area contributed by atoms with Gasteiger partial charge in [-0.05, 0) is 102 Å². The summed E-state index contributed by atoms with van der Waals surface area (Å²) in [6, 6.07) is 18.2. The maximum absolute atomic E-state index is 12.9. The number of imide groups is 1. The second-order valence-corrected chi connectivity index (χ2v) is 9.17. The first-order valence-corrected chi connectivity index (χ1v) is 11.5. The number of benzene rings is 3. The van der Waals surface area contributed by atoms with Crippen molar-refractivity contribution in [2.45, 2.75) is 6.92 Å². The van der Waals surface area contributed by atoms with Crippen molar-refractivity contribution >= 4 is 75.0 Å². The Morgan fingerprint density at radius 3 is 2.24 bits per heavy atom. The van der Waals surface area contributed by atoms with Crippen LogP contribution in [0.15, 0.2) is 77.5 Å². The van der Waals surface area contributed by atoms with Crippen LogP contribution in [-0.2, 0) is 9.59 Å². The second-order valence-electron chi connectivity index (χ2n) is 7.11. The number of aryl methyl sites for hydroxylation is 1. The van der Waals surface area contributed by atoms with Gasteiger partial charge in [-0.15, -0.1) is 0 Å². The maximum atomic E-state index is 12.9. The van der Waals surface area contributed by atoms with Crippen LogP contribution in [-0.4, -0.2) is 17.8 Å². The van der Waals surface area contributed by atoms with Crippen LogP contribution in [0.3, 0.4) is 0 Å². The van der Waals surface area contributed by atoms with Crippen molar-refractivity contribution in [3.05, 3.63) is 97.2 Å². The topological polar surface area (TPSA) is 75.7 Å². The number of rotatable bonds is 5. The summed E-state index contributed by atoms with van der Waals surface area (Å²) in [4.78, 5) is 38.9. The number of hydrogen-bond acceptors (Lipinski definition) is 5. The van der Waals surface area contributed by atoms with E-state index in [1.54, 1.807) is 73.7 Å². The summed E-state index contributed by atoms with van der Waals surface area (Å²) in [5.74, 6) is -1.30. The van der Waals surface area contributed by atoms with Gasteiger partial charge in [-0.2, -0.15) is 0 Å². The van der Waals surface area contributed by atoms with Gasteiger partial charge in [-0.3, -0.25) is 9.59 Å². The smallest absolute Gasteiger partial charge is 0.343 e. The van der Waals surface area contributed by atoms with Crippen molar-refractivity contribution in [3.63, 3.8) is 0 Å². The molecule has 6 nitrogen and oxygen atoms in total. The quantitative estimate of drug-likeness (QED) is 0.173. The lowest BCUT2D eigenvalue weighted by molar-refractivity contribution is -0.120. The van der Waals surface area contributed by atoms with Gasteiger partial charge in [-0.25, -0.2) is 9.69 Å². The highest BCUT2D eigenvalue weighted by Crippen LogP contribution is 2.30. The highest BCUT2D eigenvalue weighted by Gasteiger charge is 2.38. The standard InChI is InChI=1S/C24H15Cl2IN2O4/c1-13-12-15(25)4-11-19(13)33-24(32)14-2-7-17(8-3-14)28-21-20(26)22(30)29(23(21)31)18-9-5-16(27)6-10-18/h2-12,28H,1H3. The molecule has 2 amide bonds. The lowest BCUT2D eigenvalue weighted by Crippen LogP contribution is -2.32. The summed E-state index contributed by atoms with van der Waals surface area (Å²) >= 11 is 14.2. The zero-order valence-electron chi connectivity index (χ0n) is 17.1. The molecule has 3 aromatic carbocycles. The molecule has 0 saturated carbocycles. The molecule has 0 fully saturated rings. The highest BCUT2D eigenvalue weighted by atomic mass is 127. The van der Waals surface area contributed by atoms with E-state index < -0.39 is 17.8 Å². The van der Waals surface area contributed by atoms with E-state index in [0.29, 0.717) is 27.7 Å². The lowest BCUT2D eigenvalue weighted by atomic mass is 10.2. The number of nitrogens with zero attached hydrogens (tertiary/aromatic N) is 1. The molecule has 3 aromatic rings. The number of carbonyl (C=O) groups excluding carboxylic acids is 3. The lowest BCUT2D eigenvalue weighted by Gasteiger charge is -2.15. The van der Waals surface area contributed by atoms with E-state index in [4.69, 9.17) is 27.9 Å². The van der Waals surface area contributed by atoms with Crippen LogP contribution in [0.25, 0.3) is 0 Å². The molecule has 0 aliphatic carbocycles. The van der Waals surface area contributed by atoms with Gasteiger partial charge >= 0.3 is 5.97 Å². The van der Waals surface area contributed by atoms with Crippen molar-refractivity contribution in [3.8, 4) is 5.75 Å². The Bertz CT molecular complexity index is 1310. The van der Waals surface area contributed by atoms with Gasteiger partial charge in [0.1, 0.15) is 16.5 Å². The highest BCUT2D eigenvalue weighted by molar-refractivity contribution is 14.1. The zero-order chi connectivity index (χ0) is 23.7. The van der Waals surface area contributed by atoms with Crippen LogP contribution in [0, 0.1) is 10.5 Å². The zero-order valence-corrected chi connectivity index (χ0v) is 20.7. The summed E-state index contributed by atoms with van der Waals surface area (Å²) in [5.41, 5.74) is 1.92. The fraction of sp³-hybridized carbons (Fsp3) is 0.0417. The van der Waals surface area contributed by atoms with E-state index in [1.165, 1.54) is 0 Å². The summed E-state index contributed by atoms with van der Waals surface area (Å²) in [6.07, 6.45) is 0. The van der Waals surface area contributed by atoms with E-state index in [-0.39, 0.29) is 10.7 Å². The summed E-state index contributed by atoms with van der Waals surface area (Å²) < 4.78 is 6.39. The normalized spacial score (nSPS) is 13.5. The molecule has 0 unspecified atom stereocenters. The minimum atomic E-state index is -0.607. The van der Waals surface area contributed by atoms with Gasteiger partial charge in [0.25, 0.3) is 11.8 Å². The van der Waals surface area contributed by atoms with Crippen molar-refractivity contribution in [1.29, 1.82) is 0 Å². The van der Waals surface area contributed by atoms with Crippen LogP contribution >= 0.6 is 45.8 Å². The van der Waals surface area contributed by atoms with Crippen molar-refractivity contribution < 1.29 is 19.1 Å². The molecular formula is C24H15Cl2IN2O4. The Labute approximate surface area is 213 Å². The predicted molar refractivity (Wildman–Crippen MR) is 136 cm³/mol. The van der Waals surface area contributed by atoms with Gasteiger partial charge in [0.15, 0.2) is 0 Å². The SMILES string of the molecule is Cc1cc(Cl)ccc1OC(=O)c1ccc(NC2=C(Cl)C(=O)N(c3ccc(I)cc3)C2=O)cc1. The molecule has 9 heteroatoms. The van der Waals surface area contributed by atoms with Crippen LogP contribution in [0.5, 0.6) is 5.75 Å².